The summed E-state index contributed by atoms with van der Waals surface area (Å²) in [5.41, 5.74) is 0. The van der Waals surface area contributed by atoms with Crippen molar-refractivity contribution in [2.24, 2.45) is 0 Å². The maximum Gasteiger partial charge on any atom is 0.306 e. The summed E-state index contributed by atoms with van der Waals surface area (Å²) in [6, 6.07) is 0. The maximum atomic E-state index is 12.6. The molecule has 0 aliphatic carbocycles. The van der Waals surface area contributed by atoms with Crippen LogP contribution in [0, 0.1) is 0 Å². The van der Waals surface area contributed by atoms with Crippen LogP contribution in [0.25, 0.3) is 0 Å². The van der Waals surface area contributed by atoms with Gasteiger partial charge in [0, 0.05) is 19.3 Å². The predicted octanol–water partition coefficient (Wildman–Crippen LogP) is 12.6. The topological polar surface area (TPSA) is 78.9 Å². The van der Waals surface area contributed by atoms with Crippen molar-refractivity contribution in [3.63, 3.8) is 0 Å². The number of unbranched alkanes of at least 4 members (excludes halogenated alkanes) is 19. The van der Waals surface area contributed by atoms with E-state index in [0.29, 0.717) is 19.3 Å². The van der Waals surface area contributed by atoms with Crippen LogP contribution in [0.4, 0.5) is 0 Å². The molecule has 0 aliphatic heterocycles. The van der Waals surface area contributed by atoms with Crippen LogP contribution in [0.2, 0.25) is 0 Å². The Balaban J connectivity index is 4.46. The molecule has 0 spiro atoms. The van der Waals surface area contributed by atoms with Crippen LogP contribution in [0.15, 0.2) is 36.5 Å². The van der Waals surface area contributed by atoms with Gasteiger partial charge in [-0.15, -0.1) is 0 Å². The number of ether oxygens (including phenoxy) is 3. The summed E-state index contributed by atoms with van der Waals surface area (Å²) in [5.74, 6) is -1.01. The van der Waals surface area contributed by atoms with E-state index in [1.807, 2.05) is 6.08 Å². The van der Waals surface area contributed by atoms with E-state index in [-0.39, 0.29) is 44.0 Å². The average Bonchev–Trinajstić information content (AvgIpc) is 3.10. The van der Waals surface area contributed by atoms with Gasteiger partial charge in [0.05, 0.1) is 0 Å². The van der Waals surface area contributed by atoms with Gasteiger partial charge < -0.3 is 14.2 Å². The van der Waals surface area contributed by atoms with E-state index in [4.69, 9.17) is 14.2 Å². The van der Waals surface area contributed by atoms with Crippen molar-refractivity contribution in [2.75, 3.05) is 13.2 Å². The minimum absolute atomic E-state index is 0.0993. The van der Waals surface area contributed by atoms with Gasteiger partial charge in [0.1, 0.15) is 13.2 Å². The van der Waals surface area contributed by atoms with Gasteiger partial charge in [0.15, 0.2) is 6.10 Å². The third-order valence-corrected chi connectivity index (χ3v) is 8.63. The van der Waals surface area contributed by atoms with E-state index >= 15 is 0 Å². The van der Waals surface area contributed by atoms with E-state index < -0.39 is 6.10 Å². The van der Waals surface area contributed by atoms with Crippen molar-refractivity contribution in [3.05, 3.63) is 36.5 Å². The Labute approximate surface area is 302 Å². The second-order valence-electron chi connectivity index (χ2n) is 13.5. The van der Waals surface area contributed by atoms with E-state index in [1.54, 1.807) is 0 Å². The van der Waals surface area contributed by atoms with E-state index in [2.05, 4.69) is 51.2 Å². The molecule has 0 radical (unpaired) electrons. The summed E-state index contributed by atoms with van der Waals surface area (Å²) in [7, 11) is 0. The van der Waals surface area contributed by atoms with Gasteiger partial charge in [-0.05, 0) is 57.8 Å². The number of carbonyl (C=O) groups is 3. The summed E-state index contributed by atoms with van der Waals surface area (Å²) >= 11 is 0. The lowest BCUT2D eigenvalue weighted by Gasteiger charge is -2.18. The van der Waals surface area contributed by atoms with Crippen molar-refractivity contribution < 1.29 is 28.6 Å². The smallest absolute Gasteiger partial charge is 0.306 e. The highest BCUT2D eigenvalue weighted by molar-refractivity contribution is 5.71. The number of esters is 3. The SMILES string of the molecule is CCCCCC/C=C\CCCC(=O)OC(COC(=O)CC/C=C\C/C=C\CCCCCCCC)COC(=O)CCCCCCCCCCC. The minimum atomic E-state index is -0.801. The van der Waals surface area contributed by atoms with Gasteiger partial charge in [0.25, 0.3) is 0 Å². The van der Waals surface area contributed by atoms with Gasteiger partial charge in [0.2, 0.25) is 0 Å². The molecule has 6 heteroatoms. The summed E-state index contributed by atoms with van der Waals surface area (Å²) in [6.45, 7) is 6.47. The molecule has 0 fully saturated rings. The second-order valence-corrected chi connectivity index (χ2v) is 13.5. The highest BCUT2D eigenvalue weighted by atomic mass is 16.6. The minimum Gasteiger partial charge on any atom is -0.462 e. The lowest BCUT2D eigenvalue weighted by Crippen LogP contribution is -2.30. The molecule has 0 aromatic heterocycles. The molecule has 0 N–H and O–H groups in total. The average molecular weight is 689 g/mol. The van der Waals surface area contributed by atoms with Crippen molar-refractivity contribution in [1.29, 1.82) is 0 Å². The third kappa shape index (κ3) is 36.7. The Bertz CT molecular complexity index is 845. The monoisotopic (exact) mass is 689 g/mol. The molecule has 284 valence electrons. The van der Waals surface area contributed by atoms with Gasteiger partial charge in [-0.2, -0.15) is 0 Å². The van der Waals surface area contributed by atoms with Crippen LogP contribution in [0.3, 0.4) is 0 Å². The molecule has 0 saturated heterocycles. The van der Waals surface area contributed by atoms with Crippen LogP contribution < -0.4 is 0 Å². The molecule has 1 unspecified atom stereocenters. The number of allylic oxidation sites excluding steroid dienone is 6. The maximum absolute atomic E-state index is 12.6. The Kier molecular flexibility index (Phi) is 36.6. The molecule has 1 atom stereocenters. The first-order chi connectivity index (χ1) is 24.0. The van der Waals surface area contributed by atoms with Gasteiger partial charge in [-0.25, -0.2) is 0 Å². The van der Waals surface area contributed by atoms with Crippen molar-refractivity contribution in [2.45, 2.75) is 207 Å². The van der Waals surface area contributed by atoms with Crippen LogP contribution in [-0.2, 0) is 28.6 Å². The van der Waals surface area contributed by atoms with Crippen LogP contribution in [-0.4, -0.2) is 37.2 Å². The Morgan fingerprint density at radius 2 is 0.796 bits per heavy atom. The van der Waals surface area contributed by atoms with Gasteiger partial charge in [-0.1, -0.05) is 160 Å². The lowest BCUT2D eigenvalue weighted by atomic mass is 10.1. The van der Waals surface area contributed by atoms with E-state index in [1.165, 1.54) is 103 Å². The quantitative estimate of drug-likeness (QED) is 0.0282. The Morgan fingerprint density at radius 1 is 0.408 bits per heavy atom. The summed E-state index contributed by atoms with van der Waals surface area (Å²) in [6.07, 6.45) is 41.5. The zero-order valence-electron chi connectivity index (χ0n) is 32.2. The largest absolute Gasteiger partial charge is 0.462 e. The van der Waals surface area contributed by atoms with Crippen LogP contribution in [0.5, 0.6) is 0 Å². The molecule has 0 rings (SSSR count). The standard InChI is InChI=1S/C43H76O6/c1-4-7-10-13-16-19-20-21-22-25-27-30-33-36-42(45)48-39-40(49-43(46)37-34-31-28-24-18-15-12-9-6-3)38-47-41(44)35-32-29-26-23-17-14-11-8-5-2/h21-22,24,27-28,30,40H,4-20,23,25-26,29,31-39H2,1-3H3/b22-21-,28-24-,30-27-. The summed E-state index contributed by atoms with van der Waals surface area (Å²) in [5, 5.41) is 0. The third-order valence-electron chi connectivity index (χ3n) is 8.63. The zero-order chi connectivity index (χ0) is 35.9. The first-order valence-electron chi connectivity index (χ1n) is 20.5. The molecule has 0 amide bonds. The fraction of sp³-hybridized carbons (Fsp3) is 0.791. The van der Waals surface area contributed by atoms with Crippen molar-refractivity contribution in [3.8, 4) is 0 Å². The zero-order valence-corrected chi connectivity index (χ0v) is 32.2. The number of hydrogen-bond donors (Lipinski definition) is 0. The van der Waals surface area contributed by atoms with E-state index in [0.717, 1.165) is 44.9 Å². The summed E-state index contributed by atoms with van der Waals surface area (Å²) < 4.78 is 16.5. The van der Waals surface area contributed by atoms with E-state index in [9.17, 15) is 14.4 Å². The molecule has 0 saturated carbocycles. The second kappa shape index (κ2) is 38.4. The first-order valence-corrected chi connectivity index (χ1v) is 20.5. The highest BCUT2D eigenvalue weighted by Crippen LogP contribution is 2.12. The fourth-order valence-corrected chi connectivity index (χ4v) is 5.50. The van der Waals surface area contributed by atoms with Crippen LogP contribution >= 0.6 is 0 Å². The molecule has 6 nitrogen and oxygen atoms in total. The Hall–Kier alpha value is -2.37. The predicted molar refractivity (Wildman–Crippen MR) is 206 cm³/mol. The molecule has 0 aromatic rings. The normalized spacial score (nSPS) is 12.3. The molecule has 0 bridgehead atoms. The van der Waals surface area contributed by atoms with Crippen molar-refractivity contribution >= 4 is 17.9 Å². The summed E-state index contributed by atoms with van der Waals surface area (Å²) in [4.78, 5) is 37.4. The molecule has 0 aromatic carbocycles. The Morgan fingerprint density at radius 3 is 1.35 bits per heavy atom. The van der Waals surface area contributed by atoms with Crippen LogP contribution in [0.1, 0.15) is 201 Å². The lowest BCUT2D eigenvalue weighted by molar-refractivity contribution is -0.166. The number of rotatable bonds is 36. The van der Waals surface area contributed by atoms with Gasteiger partial charge >= 0.3 is 17.9 Å². The fourth-order valence-electron chi connectivity index (χ4n) is 5.50. The first kappa shape index (κ1) is 46.6. The number of hydrogen-bond acceptors (Lipinski definition) is 6. The molecular formula is C43H76O6. The molecule has 0 heterocycles. The van der Waals surface area contributed by atoms with Crippen molar-refractivity contribution in [1.82, 2.24) is 0 Å². The highest BCUT2D eigenvalue weighted by Gasteiger charge is 2.19. The molecule has 0 aliphatic rings. The van der Waals surface area contributed by atoms with Gasteiger partial charge in [-0.3, -0.25) is 14.4 Å². The molecular weight excluding hydrogens is 612 g/mol. The molecule has 49 heavy (non-hydrogen) atoms. The number of carbonyl (C=O) groups excluding carboxylic acids is 3.